The zero-order valence-corrected chi connectivity index (χ0v) is 9.72. The van der Waals surface area contributed by atoms with Crippen molar-refractivity contribution in [1.29, 1.82) is 0 Å². The Morgan fingerprint density at radius 1 is 1.11 bits per heavy atom. The van der Waals surface area contributed by atoms with Gasteiger partial charge >= 0.3 is 0 Å². The highest BCUT2D eigenvalue weighted by molar-refractivity contribution is 6.12. The van der Waals surface area contributed by atoms with Gasteiger partial charge < -0.3 is 10.3 Å². The van der Waals surface area contributed by atoms with Gasteiger partial charge in [0.1, 0.15) is 5.71 Å². The van der Waals surface area contributed by atoms with Crippen molar-refractivity contribution in [2.24, 2.45) is 5.16 Å². The second kappa shape index (κ2) is 5.53. The Hall–Kier alpha value is -2.34. The fourth-order valence-corrected chi connectivity index (χ4v) is 1.58. The summed E-state index contributed by atoms with van der Waals surface area (Å²) in [4.78, 5) is 3.92. The number of hydrogen-bond donors (Lipinski definition) is 2. The average molecular weight is 264 g/mol. The van der Waals surface area contributed by atoms with Gasteiger partial charge in [-0.2, -0.15) is 0 Å². The number of benzene rings is 1. The van der Waals surface area contributed by atoms with E-state index in [1.54, 1.807) is 12.1 Å². The van der Waals surface area contributed by atoms with Crippen molar-refractivity contribution in [2.75, 3.05) is 0 Å². The second-order valence-electron chi connectivity index (χ2n) is 3.77. The highest BCUT2D eigenvalue weighted by Gasteiger charge is 2.11. The van der Waals surface area contributed by atoms with E-state index in [0.29, 0.717) is 11.3 Å². The summed E-state index contributed by atoms with van der Waals surface area (Å²) in [6.07, 6.45) is 1.38. The number of rotatable bonds is 3. The van der Waals surface area contributed by atoms with Crippen LogP contribution in [0.2, 0.25) is 0 Å². The Morgan fingerprint density at radius 3 is 2.37 bits per heavy atom. The number of aliphatic hydroxyl groups is 1. The van der Waals surface area contributed by atoms with Gasteiger partial charge in [0.05, 0.1) is 12.3 Å². The molecule has 98 valence electrons. The molecule has 2 aromatic rings. The molecule has 0 fully saturated rings. The van der Waals surface area contributed by atoms with Gasteiger partial charge in [0, 0.05) is 17.3 Å². The van der Waals surface area contributed by atoms with Gasteiger partial charge in [-0.25, -0.2) is 8.78 Å². The van der Waals surface area contributed by atoms with Gasteiger partial charge in [0.25, 0.3) is 0 Å². The van der Waals surface area contributed by atoms with Crippen molar-refractivity contribution < 1.29 is 19.1 Å². The molecule has 1 aromatic heterocycles. The maximum atomic E-state index is 13.1. The number of nitrogens with zero attached hydrogens (tertiary/aromatic N) is 2. The molecule has 2 N–H and O–H groups in total. The van der Waals surface area contributed by atoms with E-state index in [1.807, 2.05) is 0 Å². The van der Waals surface area contributed by atoms with E-state index >= 15 is 0 Å². The summed E-state index contributed by atoms with van der Waals surface area (Å²) >= 11 is 0. The first-order chi connectivity index (χ1) is 9.15. The molecule has 1 heterocycles. The Labute approximate surface area is 107 Å². The first-order valence-electron chi connectivity index (χ1n) is 5.39. The first-order valence-corrected chi connectivity index (χ1v) is 5.39. The number of aromatic nitrogens is 1. The van der Waals surface area contributed by atoms with E-state index in [0.717, 1.165) is 12.1 Å². The molecule has 0 radical (unpaired) electrons. The Bertz CT molecular complexity index is 613. The summed E-state index contributed by atoms with van der Waals surface area (Å²) < 4.78 is 26.0. The quantitative estimate of drug-likeness (QED) is 0.506. The van der Waals surface area contributed by atoms with E-state index < -0.39 is 11.6 Å². The lowest BCUT2D eigenvalue weighted by Gasteiger charge is -2.05. The van der Waals surface area contributed by atoms with Crippen molar-refractivity contribution in [3.63, 3.8) is 0 Å². The van der Waals surface area contributed by atoms with Crippen LogP contribution in [0.15, 0.2) is 41.7 Å². The highest BCUT2D eigenvalue weighted by Crippen LogP contribution is 2.14. The summed E-state index contributed by atoms with van der Waals surface area (Å²) in [5, 5.41) is 21.0. The zero-order chi connectivity index (χ0) is 13.8. The van der Waals surface area contributed by atoms with Crippen molar-refractivity contribution in [1.82, 2.24) is 4.98 Å². The lowest BCUT2D eigenvalue weighted by Crippen LogP contribution is -2.05. The van der Waals surface area contributed by atoms with Crippen LogP contribution in [0.3, 0.4) is 0 Å². The molecule has 0 aliphatic carbocycles. The molecular formula is C13H10F2N2O2. The molecule has 1 aromatic carbocycles. The monoisotopic (exact) mass is 264 g/mol. The number of aliphatic hydroxyl groups excluding tert-OH is 1. The van der Waals surface area contributed by atoms with Gasteiger partial charge in [-0.3, -0.25) is 4.98 Å². The van der Waals surface area contributed by atoms with Crippen molar-refractivity contribution in [3.05, 3.63) is 65.0 Å². The van der Waals surface area contributed by atoms with Crippen LogP contribution in [0.1, 0.15) is 16.8 Å². The lowest BCUT2D eigenvalue weighted by molar-refractivity contribution is 0.277. The van der Waals surface area contributed by atoms with Crippen LogP contribution in [0.25, 0.3) is 0 Å². The third-order valence-corrected chi connectivity index (χ3v) is 2.55. The molecule has 0 amide bonds. The molecule has 0 unspecified atom stereocenters. The number of pyridine rings is 1. The summed E-state index contributed by atoms with van der Waals surface area (Å²) in [5.74, 6) is -2.01. The van der Waals surface area contributed by atoms with E-state index in [9.17, 15) is 8.78 Å². The first kappa shape index (κ1) is 13.1. The van der Waals surface area contributed by atoms with Crippen LogP contribution >= 0.6 is 0 Å². The Morgan fingerprint density at radius 2 is 1.84 bits per heavy atom. The molecule has 4 nitrogen and oxygen atoms in total. The summed E-state index contributed by atoms with van der Waals surface area (Å²) in [6.45, 7) is -0.211. The minimum Gasteiger partial charge on any atom is -0.410 e. The van der Waals surface area contributed by atoms with Gasteiger partial charge in [-0.15, -0.1) is 0 Å². The SMILES string of the molecule is OCc1ccc(C(=NO)c2ccc(F)c(F)c2)cn1. The van der Waals surface area contributed by atoms with Gasteiger partial charge in [0.2, 0.25) is 0 Å². The molecule has 0 saturated carbocycles. The number of halogens is 2. The molecule has 0 bridgehead atoms. The second-order valence-corrected chi connectivity index (χ2v) is 3.77. The van der Waals surface area contributed by atoms with Gasteiger partial charge in [-0.05, 0) is 30.3 Å². The lowest BCUT2D eigenvalue weighted by atomic mass is 10.0. The number of oxime groups is 1. The minimum atomic E-state index is -1.03. The standard InChI is InChI=1S/C13H10F2N2O2/c14-11-4-2-8(5-12(11)15)13(17-19)9-1-3-10(7-18)16-6-9/h1-6,18-19H,7H2. The fourth-order valence-electron chi connectivity index (χ4n) is 1.58. The molecule has 0 atom stereocenters. The van der Waals surface area contributed by atoms with E-state index in [-0.39, 0.29) is 17.9 Å². The fraction of sp³-hybridized carbons (Fsp3) is 0.0769. The number of hydrogen-bond acceptors (Lipinski definition) is 4. The van der Waals surface area contributed by atoms with Crippen molar-refractivity contribution in [3.8, 4) is 0 Å². The largest absolute Gasteiger partial charge is 0.410 e. The van der Waals surface area contributed by atoms with Crippen LogP contribution in [0.5, 0.6) is 0 Å². The summed E-state index contributed by atoms with van der Waals surface area (Å²) in [5.41, 5.74) is 1.16. The molecule has 6 heteroatoms. The van der Waals surface area contributed by atoms with Crippen molar-refractivity contribution >= 4 is 5.71 Å². The van der Waals surface area contributed by atoms with Crippen LogP contribution < -0.4 is 0 Å². The average Bonchev–Trinajstić information content (AvgIpc) is 2.44. The Kier molecular flexibility index (Phi) is 3.82. The molecule has 0 saturated heterocycles. The normalized spacial score (nSPS) is 11.6. The highest BCUT2D eigenvalue weighted by atomic mass is 19.2. The third kappa shape index (κ3) is 2.74. The van der Waals surface area contributed by atoms with Crippen LogP contribution in [0, 0.1) is 11.6 Å². The zero-order valence-electron chi connectivity index (χ0n) is 9.72. The predicted octanol–water partition coefficient (Wildman–Crippen LogP) is 2.08. The van der Waals surface area contributed by atoms with Gasteiger partial charge in [0.15, 0.2) is 11.6 Å². The smallest absolute Gasteiger partial charge is 0.159 e. The minimum absolute atomic E-state index is 0.0656. The van der Waals surface area contributed by atoms with Crippen LogP contribution in [-0.4, -0.2) is 21.0 Å². The topological polar surface area (TPSA) is 65.7 Å². The van der Waals surface area contributed by atoms with E-state index in [1.165, 1.54) is 12.3 Å². The van der Waals surface area contributed by atoms with E-state index in [4.69, 9.17) is 10.3 Å². The third-order valence-electron chi connectivity index (χ3n) is 2.55. The maximum absolute atomic E-state index is 13.1. The predicted molar refractivity (Wildman–Crippen MR) is 63.9 cm³/mol. The summed E-state index contributed by atoms with van der Waals surface area (Å²) in [6, 6.07) is 6.29. The van der Waals surface area contributed by atoms with Crippen LogP contribution in [0.4, 0.5) is 8.78 Å². The molecule has 0 spiro atoms. The molecule has 0 aliphatic rings. The van der Waals surface area contributed by atoms with Gasteiger partial charge in [-0.1, -0.05) is 5.16 Å². The molecular weight excluding hydrogens is 254 g/mol. The van der Waals surface area contributed by atoms with E-state index in [2.05, 4.69) is 10.1 Å². The molecule has 19 heavy (non-hydrogen) atoms. The Balaban J connectivity index is 2.41. The maximum Gasteiger partial charge on any atom is 0.159 e. The van der Waals surface area contributed by atoms with Crippen molar-refractivity contribution in [2.45, 2.75) is 6.61 Å². The molecule has 0 aliphatic heterocycles. The summed E-state index contributed by atoms with van der Waals surface area (Å²) in [7, 11) is 0. The molecule has 2 rings (SSSR count). The van der Waals surface area contributed by atoms with Crippen LogP contribution in [-0.2, 0) is 6.61 Å².